The monoisotopic (exact) mass is 407 g/mol. The third-order valence-electron chi connectivity index (χ3n) is 5.74. The maximum absolute atomic E-state index is 13.6. The average molecular weight is 408 g/mol. The molecule has 1 unspecified atom stereocenters. The van der Waals surface area contributed by atoms with Crippen LogP contribution < -0.4 is 20.4 Å². The standard InChI is InChI=1S/C24H30FN5/c1-26-24(27-17-19-9-11-22(12-10-19)29-13-2-3-14-29)28-21-7-5-15-30(18-21)23-8-4-6-20(25)16-23/h2-4,6,8-12,16,21H,5,7,13-15,17-18H2,1H3,(H2,26,27,28). The van der Waals surface area contributed by atoms with Gasteiger partial charge in [-0.05, 0) is 48.7 Å². The second-order valence-corrected chi connectivity index (χ2v) is 7.88. The summed E-state index contributed by atoms with van der Waals surface area (Å²) < 4.78 is 13.6. The largest absolute Gasteiger partial charge is 0.369 e. The van der Waals surface area contributed by atoms with E-state index in [1.165, 1.54) is 17.3 Å². The van der Waals surface area contributed by atoms with E-state index in [1.807, 2.05) is 6.07 Å². The van der Waals surface area contributed by atoms with Crippen molar-refractivity contribution in [3.05, 3.63) is 72.1 Å². The molecule has 5 nitrogen and oxygen atoms in total. The second kappa shape index (κ2) is 9.65. The van der Waals surface area contributed by atoms with Crippen molar-refractivity contribution in [2.24, 2.45) is 4.99 Å². The van der Waals surface area contributed by atoms with Crippen LogP contribution in [-0.2, 0) is 6.54 Å². The van der Waals surface area contributed by atoms with Crippen LogP contribution in [0, 0.1) is 5.82 Å². The maximum atomic E-state index is 13.6. The molecule has 0 aromatic heterocycles. The second-order valence-electron chi connectivity index (χ2n) is 7.88. The Morgan fingerprint density at radius 1 is 1.07 bits per heavy atom. The zero-order valence-electron chi connectivity index (χ0n) is 17.5. The Kier molecular flexibility index (Phi) is 6.52. The Morgan fingerprint density at radius 3 is 2.60 bits per heavy atom. The summed E-state index contributed by atoms with van der Waals surface area (Å²) in [6.07, 6.45) is 6.54. The Labute approximate surface area is 178 Å². The molecule has 2 heterocycles. The Bertz CT molecular complexity index is 885. The smallest absolute Gasteiger partial charge is 0.191 e. The molecule has 2 aromatic carbocycles. The molecule has 1 fully saturated rings. The van der Waals surface area contributed by atoms with E-state index >= 15 is 0 Å². The number of guanidine groups is 1. The predicted molar refractivity (Wildman–Crippen MR) is 123 cm³/mol. The summed E-state index contributed by atoms with van der Waals surface area (Å²) >= 11 is 0. The first-order valence-corrected chi connectivity index (χ1v) is 10.7. The highest BCUT2D eigenvalue weighted by molar-refractivity contribution is 5.80. The molecular formula is C24H30FN5. The van der Waals surface area contributed by atoms with Gasteiger partial charge in [-0.3, -0.25) is 4.99 Å². The summed E-state index contributed by atoms with van der Waals surface area (Å²) in [7, 11) is 1.80. The van der Waals surface area contributed by atoms with Gasteiger partial charge in [0.05, 0.1) is 0 Å². The highest BCUT2D eigenvalue weighted by Crippen LogP contribution is 2.21. The first-order chi connectivity index (χ1) is 14.7. The maximum Gasteiger partial charge on any atom is 0.191 e. The first-order valence-electron chi connectivity index (χ1n) is 10.7. The summed E-state index contributed by atoms with van der Waals surface area (Å²) in [5, 5.41) is 6.95. The molecule has 2 aliphatic heterocycles. The molecule has 0 radical (unpaired) electrons. The van der Waals surface area contributed by atoms with Crippen molar-refractivity contribution in [3.63, 3.8) is 0 Å². The number of halogens is 1. The summed E-state index contributed by atoms with van der Waals surface area (Å²) in [5.41, 5.74) is 3.42. The normalized spacial score (nSPS) is 19.3. The lowest BCUT2D eigenvalue weighted by molar-refractivity contribution is 0.467. The van der Waals surface area contributed by atoms with Gasteiger partial charge in [0.25, 0.3) is 0 Å². The van der Waals surface area contributed by atoms with Gasteiger partial charge in [0, 0.05) is 57.2 Å². The molecule has 0 spiro atoms. The molecule has 0 amide bonds. The van der Waals surface area contributed by atoms with E-state index in [1.54, 1.807) is 19.2 Å². The van der Waals surface area contributed by atoms with Crippen LogP contribution >= 0.6 is 0 Å². The van der Waals surface area contributed by atoms with Gasteiger partial charge < -0.3 is 20.4 Å². The molecule has 30 heavy (non-hydrogen) atoms. The number of hydrogen-bond acceptors (Lipinski definition) is 3. The lowest BCUT2D eigenvalue weighted by Crippen LogP contribution is -2.51. The van der Waals surface area contributed by atoms with Crippen molar-refractivity contribution >= 4 is 17.3 Å². The van der Waals surface area contributed by atoms with Crippen LogP contribution in [0.5, 0.6) is 0 Å². The summed E-state index contributed by atoms with van der Waals surface area (Å²) in [6, 6.07) is 15.8. The SMILES string of the molecule is CN=C(NCc1ccc(N2CC=CC2)cc1)NC1CCCN(c2cccc(F)c2)C1. The zero-order valence-corrected chi connectivity index (χ0v) is 17.5. The number of benzene rings is 2. The van der Waals surface area contributed by atoms with E-state index in [0.717, 1.165) is 57.2 Å². The van der Waals surface area contributed by atoms with Gasteiger partial charge in [0.2, 0.25) is 0 Å². The average Bonchev–Trinajstić information content (AvgIpc) is 3.32. The summed E-state index contributed by atoms with van der Waals surface area (Å²) in [5.74, 6) is 0.612. The minimum Gasteiger partial charge on any atom is -0.369 e. The van der Waals surface area contributed by atoms with Crippen LogP contribution in [0.15, 0.2) is 65.7 Å². The van der Waals surface area contributed by atoms with Crippen molar-refractivity contribution < 1.29 is 4.39 Å². The van der Waals surface area contributed by atoms with Crippen LogP contribution in [0.3, 0.4) is 0 Å². The number of rotatable bonds is 5. The zero-order chi connectivity index (χ0) is 20.8. The van der Waals surface area contributed by atoms with Crippen LogP contribution in [0.25, 0.3) is 0 Å². The number of hydrogen-bond donors (Lipinski definition) is 2. The fourth-order valence-corrected chi connectivity index (χ4v) is 4.09. The molecule has 6 heteroatoms. The fourth-order valence-electron chi connectivity index (χ4n) is 4.09. The van der Waals surface area contributed by atoms with Crippen molar-refractivity contribution in [2.45, 2.75) is 25.4 Å². The Hall–Kier alpha value is -3.02. The number of aliphatic imine (C=N–C) groups is 1. The minimum atomic E-state index is -0.188. The molecule has 2 aromatic rings. The molecule has 1 atom stereocenters. The van der Waals surface area contributed by atoms with Crippen molar-refractivity contribution in [1.82, 2.24) is 10.6 Å². The molecule has 0 bridgehead atoms. The highest BCUT2D eigenvalue weighted by Gasteiger charge is 2.21. The van der Waals surface area contributed by atoms with Crippen molar-refractivity contribution in [3.8, 4) is 0 Å². The van der Waals surface area contributed by atoms with Crippen molar-refractivity contribution in [2.75, 3.05) is 43.0 Å². The minimum absolute atomic E-state index is 0.188. The third-order valence-corrected chi connectivity index (χ3v) is 5.74. The van der Waals surface area contributed by atoms with Gasteiger partial charge in [-0.2, -0.15) is 0 Å². The summed E-state index contributed by atoms with van der Waals surface area (Å²) in [4.78, 5) is 8.97. The lowest BCUT2D eigenvalue weighted by atomic mass is 10.0. The van der Waals surface area contributed by atoms with Gasteiger partial charge in [0.15, 0.2) is 5.96 Å². The third kappa shape index (κ3) is 5.12. The van der Waals surface area contributed by atoms with E-state index in [2.05, 4.69) is 61.8 Å². The molecule has 0 aliphatic carbocycles. The van der Waals surface area contributed by atoms with Crippen LogP contribution in [0.1, 0.15) is 18.4 Å². The molecule has 0 saturated carbocycles. The van der Waals surface area contributed by atoms with Crippen LogP contribution in [0.2, 0.25) is 0 Å². The molecule has 4 rings (SSSR count). The van der Waals surface area contributed by atoms with Crippen LogP contribution in [-0.4, -0.2) is 45.2 Å². The quantitative estimate of drug-likeness (QED) is 0.452. The van der Waals surface area contributed by atoms with Crippen LogP contribution in [0.4, 0.5) is 15.8 Å². The molecule has 2 aliphatic rings. The number of anilines is 2. The number of nitrogens with zero attached hydrogens (tertiary/aromatic N) is 3. The van der Waals surface area contributed by atoms with E-state index in [9.17, 15) is 4.39 Å². The summed E-state index contributed by atoms with van der Waals surface area (Å²) in [6.45, 7) is 4.48. The van der Waals surface area contributed by atoms with E-state index in [4.69, 9.17) is 0 Å². The van der Waals surface area contributed by atoms with E-state index in [-0.39, 0.29) is 11.9 Å². The fraction of sp³-hybridized carbons (Fsp3) is 0.375. The van der Waals surface area contributed by atoms with Crippen molar-refractivity contribution in [1.29, 1.82) is 0 Å². The van der Waals surface area contributed by atoms with E-state index in [0.29, 0.717) is 0 Å². The Morgan fingerprint density at radius 2 is 1.87 bits per heavy atom. The number of nitrogens with one attached hydrogen (secondary N) is 2. The highest BCUT2D eigenvalue weighted by atomic mass is 19.1. The Balaban J connectivity index is 1.29. The molecular weight excluding hydrogens is 377 g/mol. The molecule has 2 N–H and O–H groups in total. The predicted octanol–water partition coefficient (Wildman–Crippen LogP) is 3.54. The van der Waals surface area contributed by atoms with Gasteiger partial charge in [-0.15, -0.1) is 0 Å². The van der Waals surface area contributed by atoms with Gasteiger partial charge >= 0.3 is 0 Å². The van der Waals surface area contributed by atoms with Gasteiger partial charge in [0.1, 0.15) is 5.82 Å². The number of piperidine rings is 1. The molecule has 158 valence electrons. The van der Waals surface area contributed by atoms with Gasteiger partial charge in [-0.1, -0.05) is 30.4 Å². The first kappa shape index (κ1) is 20.3. The van der Waals surface area contributed by atoms with E-state index < -0.39 is 0 Å². The van der Waals surface area contributed by atoms with Gasteiger partial charge in [-0.25, -0.2) is 4.39 Å². The lowest BCUT2D eigenvalue weighted by Gasteiger charge is -2.35. The topological polar surface area (TPSA) is 42.9 Å². The molecule has 1 saturated heterocycles.